The zero-order valence-corrected chi connectivity index (χ0v) is 11.3. The molecule has 4 nitrogen and oxygen atoms in total. The highest BCUT2D eigenvalue weighted by atomic mass is 35.5. The molecule has 2 amide bonds. The molecule has 0 aromatic heterocycles. The second-order valence-corrected chi connectivity index (χ2v) is 5.35. The zero-order valence-electron chi connectivity index (χ0n) is 10.6. The summed E-state index contributed by atoms with van der Waals surface area (Å²) in [6, 6.07) is 5.44. The smallest absolute Gasteiger partial charge is 0.252 e. The summed E-state index contributed by atoms with van der Waals surface area (Å²) in [5.74, 6) is -0.341. The fourth-order valence-corrected chi connectivity index (χ4v) is 2.26. The van der Waals surface area contributed by atoms with Crippen molar-refractivity contribution in [2.24, 2.45) is 0 Å². The van der Waals surface area contributed by atoms with Gasteiger partial charge in [-0.25, -0.2) is 0 Å². The molecule has 1 fully saturated rings. The second kappa shape index (κ2) is 4.28. The molecular formula is C13H15ClN2O2. The number of carbonyl (C=O) groups is 2. The van der Waals surface area contributed by atoms with Crippen molar-refractivity contribution in [1.82, 2.24) is 5.32 Å². The SMILES string of the molecule is Cc1cccc(N2CC(=O)NC(C)(C)C2=O)c1Cl. The van der Waals surface area contributed by atoms with Crippen molar-refractivity contribution in [3.8, 4) is 0 Å². The Bertz CT molecular complexity index is 526. The molecule has 0 aliphatic carbocycles. The minimum absolute atomic E-state index is 0.00539. The largest absolute Gasteiger partial charge is 0.341 e. The number of anilines is 1. The van der Waals surface area contributed by atoms with Gasteiger partial charge in [0.05, 0.1) is 10.7 Å². The number of carbonyl (C=O) groups excluding carboxylic acids is 2. The first-order valence-corrected chi connectivity index (χ1v) is 6.09. The fourth-order valence-electron chi connectivity index (χ4n) is 2.03. The third kappa shape index (κ3) is 2.08. The predicted molar refractivity (Wildman–Crippen MR) is 70.8 cm³/mol. The van der Waals surface area contributed by atoms with Crippen LogP contribution in [0.25, 0.3) is 0 Å². The number of benzene rings is 1. The Labute approximate surface area is 111 Å². The molecule has 0 spiro atoms. The van der Waals surface area contributed by atoms with Gasteiger partial charge in [-0.1, -0.05) is 23.7 Å². The first kappa shape index (κ1) is 12.9. The predicted octanol–water partition coefficient (Wildman–Crippen LogP) is 1.89. The van der Waals surface area contributed by atoms with E-state index in [-0.39, 0.29) is 18.4 Å². The van der Waals surface area contributed by atoms with Gasteiger partial charge in [0, 0.05) is 0 Å². The summed E-state index contributed by atoms with van der Waals surface area (Å²) in [6.07, 6.45) is 0. The van der Waals surface area contributed by atoms with Crippen LogP contribution in [0.5, 0.6) is 0 Å². The van der Waals surface area contributed by atoms with Crippen LogP contribution in [0.4, 0.5) is 5.69 Å². The van der Waals surface area contributed by atoms with Gasteiger partial charge in [0.15, 0.2) is 0 Å². The molecule has 96 valence electrons. The quantitative estimate of drug-likeness (QED) is 0.844. The molecule has 1 N–H and O–H groups in total. The number of amides is 2. The maximum Gasteiger partial charge on any atom is 0.252 e. The molecule has 1 aliphatic heterocycles. The number of hydrogen-bond donors (Lipinski definition) is 1. The van der Waals surface area contributed by atoms with Gasteiger partial charge in [-0.05, 0) is 32.4 Å². The van der Waals surface area contributed by atoms with E-state index >= 15 is 0 Å². The summed E-state index contributed by atoms with van der Waals surface area (Å²) < 4.78 is 0. The number of rotatable bonds is 1. The molecule has 2 rings (SSSR count). The van der Waals surface area contributed by atoms with Crippen molar-refractivity contribution in [1.29, 1.82) is 0 Å². The van der Waals surface area contributed by atoms with E-state index in [0.717, 1.165) is 5.56 Å². The third-order valence-electron chi connectivity index (χ3n) is 3.00. The number of hydrogen-bond acceptors (Lipinski definition) is 2. The van der Waals surface area contributed by atoms with Crippen LogP contribution in [0.1, 0.15) is 19.4 Å². The minimum atomic E-state index is -0.900. The average Bonchev–Trinajstić information content (AvgIpc) is 2.27. The molecule has 0 bridgehead atoms. The highest BCUT2D eigenvalue weighted by Gasteiger charge is 2.40. The van der Waals surface area contributed by atoms with Gasteiger partial charge in [0.2, 0.25) is 5.91 Å². The summed E-state index contributed by atoms with van der Waals surface area (Å²) in [7, 11) is 0. The van der Waals surface area contributed by atoms with Crippen molar-refractivity contribution in [3.63, 3.8) is 0 Å². The van der Waals surface area contributed by atoms with E-state index in [1.807, 2.05) is 19.1 Å². The average molecular weight is 267 g/mol. The van der Waals surface area contributed by atoms with E-state index in [4.69, 9.17) is 11.6 Å². The van der Waals surface area contributed by atoms with Gasteiger partial charge in [-0.15, -0.1) is 0 Å². The minimum Gasteiger partial charge on any atom is -0.341 e. The lowest BCUT2D eigenvalue weighted by Gasteiger charge is -2.37. The molecule has 1 saturated heterocycles. The number of piperazine rings is 1. The number of nitrogens with one attached hydrogen (secondary N) is 1. The van der Waals surface area contributed by atoms with E-state index in [9.17, 15) is 9.59 Å². The van der Waals surface area contributed by atoms with E-state index < -0.39 is 5.54 Å². The molecule has 0 unspecified atom stereocenters. The fraction of sp³-hybridized carbons (Fsp3) is 0.385. The van der Waals surface area contributed by atoms with Crippen molar-refractivity contribution in [2.75, 3.05) is 11.4 Å². The summed E-state index contributed by atoms with van der Waals surface area (Å²) in [5, 5.41) is 3.18. The molecule has 0 atom stereocenters. The Morgan fingerprint density at radius 3 is 2.67 bits per heavy atom. The molecule has 18 heavy (non-hydrogen) atoms. The van der Waals surface area contributed by atoms with Gasteiger partial charge < -0.3 is 5.32 Å². The Morgan fingerprint density at radius 2 is 2.00 bits per heavy atom. The van der Waals surface area contributed by atoms with Gasteiger partial charge in [-0.3, -0.25) is 14.5 Å². The monoisotopic (exact) mass is 266 g/mol. The van der Waals surface area contributed by atoms with Gasteiger partial charge in [0.1, 0.15) is 12.1 Å². The van der Waals surface area contributed by atoms with Crippen LogP contribution in [0.2, 0.25) is 5.02 Å². The Morgan fingerprint density at radius 1 is 1.33 bits per heavy atom. The van der Waals surface area contributed by atoms with Crippen molar-refractivity contribution < 1.29 is 9.59 Å². The first-order chi connectivity index (χ1) is 8.33. The first-order valence-electron chi connectivity index (χ1n) is 5.71. The summed E-state index contributed by atoms with van der Waals surface area (Å²) in [5.41, 5.74) is 0.568. The van der Waals surface area contributed by atoms with E-state index in [1.165, 1.54) is 4.90 Å². The lowest BCUT2D eigenvalue weighted by molar-refractivity contribution is -0.134. The maximum atomic E-state index is 12.3. The molecule has 1 heterocycles. The van der Waals surface area contributed by atoms with Gasteiger partial charge in [-0.2, -0.15) is 0 Å². The molecule has 1 aromatic carbocycles. The van der Waals surface area contributed by atoms with Crippen LogP contribution in [0.15, 0.2) is 18.2 Å². The van der Waals surface area contributed by atoms with E-state index in [1.54, 1.807) is 19.9 Å². The topological polar surface area (TPSA) is 49.4 Å². The lowest BCUT2D eigenvalue weighted by atomic mass is 9.99. The van der Waals surface area contributed by atoms with Crippen LogP contribution in [0, 0.1) is 6.92 Å². The molecule has 0 radical (unpaired) electrons. The maximum absolute atomic E-state index is 12.3. The molecule has 1 aliphatic rings. The molecule has 5 heteroatoms. The third-order valence-corrected chi connectivity index (χ3v) is 3.49. The van der Waals surface area contributed by atoms with Gasteiger partial charge >= 0.3 is 0 Å². The van der Waals surface area contributed by atoms with Crippen molar-refractivity contribution in [3.05, 3.63) is 28.8 Å². The Balaban J connectivity index is 2.46. The standard InChI is InChI=1S/C13H15ClN2O2/c1-8-5-4-6-9(11(8)14)16-7-10(17)15-13(2,3)12(16)18/h4-6H,7H2,1-3H3,(H,15,17). The summed E-state index contributed by atoms with van der Waals surface area (Å²) >= 11 is 6.21. The number of nitrogens with zero attached hydrogens (tertiary/aromatic N) is 1. The highest BCUT2D eigenvalue weighted by Crippen LogP contribution is 2.31. The zero-order chi connectivity index (χ0) is 13.5. The summed E-state index contributed by atoms with van der Waals surface area (Å²) in [6.45, 7) is 5.24. The molecule has 1 aromatic rings. The van der Waals surface area contributed by atoms with Crippen LogP contribution in [-0.4, -0.2) is 23.9 Å². The number of halogens is 1. The van der Waals surface area contributed by atoms with E-state index in [0.29, 0.717) is 10.7 Å². The summed E-state index contributed by atoms with van der Waals surface area (Å²) in [4.78, 5) is 25.4. The molecule has 0 saturated carbocycles. The van der Waals surface area contributed by atoms with Crippen molar-refractivity contribution in [2.45, 2.75) is 26.3 Å². The Hall–Kier alpha value is -1.55. The highest BCUT2D eigenvalue weighted by molar-refractivity contribution is 6.35. The normalized spacial score (nSPS) is 18.8. The van der Waals surface area contributed by atoms with Gasteiger partial charge in [0.25, 0.3) is 5.91 Å². The lowest BCUT2D eigenvalue weighted by Crippen LogP contribution is -2.64. The van der Waals surface area contributed by atoms with Crippen LogP contribution in [0.3, 0.4) is 0 Å². The number of aryl methyl sites for hydroxylation is 1. The van der Waals surface area contributed by atoms with Crippen LogP contribution in [-0.2, 0) is 9.59 Å². The van der Waals surface area contributed by atoms with Crippen LogP contribution >= 0.6 is 11.6 Å². The Kier molecular flexibility index (Phi) is 3.07. The van der Waals surface area contributed by atoms with Crippen molar-refractivity contribution >= 4 is 29.1 Å². The van der Waals surface area contributed by atoms with Crippen LogP contribution < -0.4 is 10.2 Å². The molecular weight excluding hydrogens is 252 g/mol. The second-order valence-electron chi connectivity index (χ2n) is 4.97. The van der Waals surface area contributed by atoms with E-state index in [2.05, 4.69) is 5.32 Å².